The van der Waals surface area contributed by atoms with Gasteiger partial charge in [-0.05, 0) is 75.6 Å². The Morgan fingerprint density at radius 2 is 1.07 bits per heavy atom. The number of hydrogen-bond acceptors (Lipinski definition) is 11. The number of amides is 2. The fraction of sp³-hybridized carbons (Fsp3) is 0.622. The first-order valence-corrected chi connectivity index (χ1v) is 22.2. The van der Waals surface area contributed by atoms with Crippen LogP contribution < -0.4 is 31.1 Å². The standard InChI is InChI=1S/C14H21N3O4S.C13H18N2O2.C6H15N3O2S.C4H8O/c1-15-22(19,20)17-9-7-13(8-10-17)16-14(18)21-11-12-5-3-2-4-6-12;16-13(15-12-6-8-14-9-7-12)17-10-11-4-2-1-3-5-11;1-8-12(10,11)9-4-2-6(7)3-5-9;1-2-4-5-3-1/h2-6,13,15H,7-11H2,1H3,(H,16,18);1-5,12,14H,6-10H2,(H,15,16);6,8H,2-5,7H2,1H3;1-4H2. The lowest BCUT2D eigenvalue weighted by atomic mass is 10.1. The predicted octanol–water partition coefficient (Wildman–Crippen LogP) is 2.18. The Bertz CT molecular complexity index is 1590. The fourth-order valence-electron chi connectivity index (χ4n) is 5.95. The van der Waals surface area contributed by atoms with Gasteiger partial charge in [0.2, 0.25) is 0 Å². The van der Waals surface area contributed by atoms with Gasteiger partial charge >= 0.3 is 12.2 Å². The van der Waals surface area contributed by atoms with E-state index in [9.17, 15) is 26.4 Å². The van der Waals surface area contributed by atoms with Crippen molar-refractivity contribution < 1.29 is 40.6 Å². The molecule has 0 bridgehead atoms. The largest absolute Gasteiger partial charge is 0.445 e. The molecule has 0 unspecified atom stereocenters. The van der Waals surface area contributed by atoms with E-state index in [1.54, 1.807) is 0 Å². The molecule has 2 amide bonds. The zero-order chi connectivity index (χ0) is 40.7. The van der Waals surface area contributed by atoms with E-state index in [1.807, 2.05) is 60.7 Å². The summed E-state index contributed by atoms with van der Waals surface area (Å²) >= 11 is 0. The van der Waals surface area contributed by atoms with E-state index >= 15 is 0 Å². The van der Waals surface area contributed by atoms with Crippen LogP contribution in [0.15, 0.2) is 60.7 Å². The first-order valence-electron chi connectivity index (χ1n) is 19.3. The quantitative estimate of drug-likeness (QED) is 0.204. The zero-order valence-corrected chi connectivity index (χ0v) is 34.3. The predicted molar refractivity (Wildman–Crippen MR) is 215 cm³/mol. The fourth-order valence-corrected chi connectivity index (χ4v) is 7.85. The number of carbonyl (C=O) groups is 2. The second kappa shape index (κ2) is 25.8. The van der Waals surface area contributed by atoms with Gasteiger partial charge in [-0.3, -0.25) is 0 Å². The summed E-state index contributed by atoms with van der Waals surface area (Å²) in [5.41, 5.74) is 7.57. The molecule has 4 fully saturated rings. The molecule has 4 aliphatic heterocycles. The molecule has 17 nitrogen and oxygen atoms in total. The molecule has 19 heteroatoms. The molecular weight excluding hydrogens is 765 g/mol. The average Bonchev–Trinajstić information content (AvgIpc) is 3.82. The lowest BCUT2D eigenvalue weighted by molar-refractivity contribution is 0.131. The summed E-state index contributed by atoms with van der Waals surface area (Å²) in [5.74, 6) is 0. The number of carbonyl (C=O) groups excluding carboxylic acids is 2. The Hall–Kier alpha value is -3.40. The van der Waals surface area contributed by atoms with Gasteiger partial charge in [0, 0.05) is 71.6 Å². The summed E-state index contributed by atoms with van der Waals surface area (Å²) in [6.45, 7) is 6.30. The number of piperidine rings is 3. The van der Waals surface area contributed by atoms with Crippen LogP contribution in [-0.4, -0.2) is 122 Å². The molecule has 4 aliphatic rings. The minimum atomic E-state index is -3.38. The first kappa shape index (κ1) is 47.0. The number of rotatable bonds is 10. The van der Waals surface area contributed by atoms with Gasteiger partial charge in [-0.15, -0.1) is 0 Å². The molecule has 0 spiro atoms. The van der Waals surface area contributed by atoms with E-state index < -0.39 is 26.5 Å². The smallest absolute Gasteiger partial charge is 0.407 e. The van der Waals surface area contributed by atoms with Crippen molar-refractivity contribution in [1.82, 2.24) is 34.0 Å². The van der Waals surface area contributed by atoms with Gasteiger partial charge in [0.05, 0.1) is 0 Å². The van der Waals surface area contributed by atoms with Crippen molar-refractivity contribution in [3.8, 4) is 0 Å². The van der Waals surface area contributed by atoms with Crippen LogP contribution >= 0.6 is 0 Å². The molecule has 316 valence electrons. The van der Waals surface area contributed by atoms with E-state index in [4.69, 9.17) is 19.9 Å². The van der Waals surface area contributed by atoms with Crippen molar-refractivity contribution in [3.63, 3.8) is 0 Å². The van der Waals surface area contributed by atoms with Crippen molar-refractivity contribution in [2.75, 3.05) is 66.6 Å². The highest BCUT2D eigenvalue weighted by Gasteiger charge is 2.28. The maximum absolute atomic E-state index is 11.7. The van der Waals surface area contributed by atoms with Gasteiger partial charge in [-0.25, -0.2) is 19.0 Å². The summed E-state index contributed by atoms with van der Waals surface area (Å²) in [6, 6.07) is 19.5. The van der Waals surface area contributed by atoms with Gasteiger partial charge in [-0.2, -0.15) is 25.4 Å². The van der Waals surface area contributed by atoms with Crippen LogP contribution in [0.5, 0.6) is 0 Å². The molecule has 6 rings (SSSR count). The zero-order valence-electron chi connectivity index (χ0n) is 32.7. The number of benzene rings is 2. The first-order chi connectivity index (χ1) is 26.9. The Labute approximate surface area is 333 Å². The van der Waals surface area contributed by atoms with Crippen LogP contribution in [0, 0.1) is 0 Å². The molecule has 4 saturated heterocycles. The molecule has 0 aromatic heterocycles. The van der Waals surface area contributed by atoms with Crippen molar-refractivity contribution in [1.29, 1.82) is 0 Å². The highest BCUT2D eigenvalue weighted by molar-refractivity contribution is 7.87. The lowest BCUT2D eigenvalue weighted by Gasteiger charge is -2.30. The molecule has 56 heavy (non-hydrogen) atoms. The Morgan fingerprint density at radius 3 is 1.45 bits per heavy atom. The Morgan fingerprint density at radius 1 is 0.679 bits per heavy atom. The third-order valence-corrected chi connectivity index (χ3v) is 12.5. The number of ether oxygens (including phenoxy) is 3. The van der Waals surface area contributed by atoms with E-state index in [2.05, 4.69) is 25.4 Å². The van der Waals surface area contributed by atoms with E-state index in [1.165, 1.54) is 35.5 Å². The van der Waals surface area contributed by atoms with Crippen molar-refractivity contribution in [2.24, 2.45) is 5.73 Å². The van der Waals surface area contributed by atoms with Gasteiger partial charge < -0.3 is 35.9 Å². The summed E-state index contributed by atoms with van der Waals surface area (Å²) < 4.78 is 68.4. The highest BCUT2D eigenvalue weighted by Crippen LogP contribution is 2.14. The van der Waals surface area contributed by atoms with Crippen LogP contribution in [0.25, 0.3) is 0 Å². The highest BCUT2D eigenvalue weighted by atomic mass is 32.2. The van der Waals surface area contributed by atoms with Gasteiger partial charge in [0.15, 0.2) is 0 Å². The van der Waals surface area contributed by atoms with Crippen molar-refractivity contribution in [2.45, 2.75) is 82.7 Å². The van der Waals surface area contributed by atoms with E-state index in [0.29, 0.717) is 45.6 Å². The number of hydrogen-bond donors (Lipinski definition) is 6. The summed E-state index contributed by atoms with van der Waals surface area (Å²) in [7, 11) is -3.79. The molecule has 0 saturated carbocycles. The van der Waals surface area contributed by atoms with Crippen LogP contribution in [0.2, 0.25) is 0 Å². The third kappa shape index (κ3) is 18.7. The van der Waals surface area contributed by atoms with Crippen LogP contribution in [-0.2, 0) is 47.8 Å². The molecule has 0 radical (unpaired) electrons. The maximum Gasteiger partial charge on any atom is 0.407 e. The van der Waals surface area contributed by atoms with Crippen molar-refractivity contribution in [3.05, 3.63) is 71.8 Å². The summed E-state index contributed by atoms with van der Waals surface area (Å²) in [4.78, 5) is 23.3. The van der Waals surface area contributed by atoms with E-state index in [-0.39, 0.29) is 30.8 Å². The number of nitrogens with one attached hydrogen (secondary N) is 5. The second-order valence-electron chi connectivity index (χ2n) is 13.6. The van der Waals surface area contributed by atoms with Crippen LogP contribution in [0.1, 0.15) is 62.5 Å². The molecule has 2 aromatic carbocycles. The Balaban J connectivity index is 0.000000219. The van der Waals surface area contributed by atoms with Gasteiger partial charge in [0.25, 0.3) is 20.4 Å². The van der Waals surface area contributed by atoms with Crippen molar-refractivity contribution >= 4 is 32.6 Å². The van der Waals surface area contributed by atoms with Crippen LogP contribution in [0.4, 0.5) is 9.59 Å². The minimum absolute atomic E-state index is 0.0634. The van der Waals surface area contributed by atoms with E-state index in [0.717, 1.165) is 63.1 Å². The van der Waals surface area contributed by atoms with Crippen LogP contribution in [0.3, 0.4) is 0 Å². The summed E-state index contributed by atoms with van der Waals surface area (Å²) in [6.07, 6.45) is 6.35. The number of nitrogens with two attached hydrogens (primary N) is 1. The monoisotopic (exact) mass is 826 g/mol. The average molecular weight is 827 g/mol. The third-order valence-electron chi connectivity index (χ3n) is 9.38. The topological polar surface area (TPSA) is 223 Å². The molecule has 7 N–H and O–H groups in total. The molecule has 0 atom stereocenters. The normalized spacial score (nSPS) is 18.8. The second-order valence-corrected chi connectivity index (χ2v) is 17.3. The lowest BCUT2D eigenvalue weighted by Crippen LogP contribution is -2.49. The number of nitrogens with zero attached hydrogens (tertiary/aromatic N) is 2. The SMILES string of the molecule is C1CCOC1.CNS(=O)(=O)N1CCC(N)CC1.CNS(=O)(=O)N1CCC(NC(=O)OCc2ccccc2)CC1.O=C(NC1CCNCC1)OCc1ccccc1. The Kier molecular flexibility index (Phi) is 21.6. The maximum atomic E-state index is 11.7. The molecule has 4 heterocycles. The summed E-state index contributed by atoms with van der Waals surface area (Å²) in [5, 5.41) is 8.92. The minimum Gasteiger partial charge on any atom is -0.445 e. The van der Waals surface area contributed by atoms with Gasteiger partial charge in [0.1, 0.15) is 13.2 Å². The molecular formula is C37H62N8O9S2. The number of alkyl carbamates (subject to hydrolysis) is 2. The molecule has 0 aliphatic carbocycles. The van der Waals surface area contributed by atoms with Gasteiger partial charge in [-0.1, -0.05) is 60.7 Å². The molecule has 2 aromatic rings.